The first-order valence-corrected chi connectivity index (χ1v) is 7.05. The molecule has 0 spiro atoms. The number of rotatable bonds is 2. The number of piperazine rings is 1. The number of nitriles is 1. The van der Waals surface area contributed by atoms with E-state index in [1.807, 2.05) is 31.2 Å². The first-order valence-electron chi connectivity index (χ1n) is 7.05. The van der Waals surface area contributed by atoms with E-state index in [1.165, 1.54) is 5.56 Å². The molecule has 1 aliphatic rings. The van der Waals surface area contributed by atoms with Crippen LogP contribution in [0.4, 0.5) is 5.82 Å². The van der Waals surface area contributed by atoms with Crippen LogP contribution in [0.1, 0.15) is 11.3 Å². The average molecular weight is 282 g/mol. The number of nitrogens with zero attached hydrogens (tertiary/aromatic N) is 6. The second-order valence-electron chi connectivity index (χ2n) is 5.40. The zero-order chi connectivity index (χ0) is 14.8. The Bertz CT molecular complexity index is 658. The Kier molecular flexibility index (Phi) is 3.59. The van der Waals surface area contributed by atoms with Gasteiger partial charge in [-0.1, -0.05) is 17.7 Å². The lowest BCUT2D eigenvalue weighted by Crippen LogP contribution is -2.45. The van der Waals surface area contributed by atoms with Gasteiger partial charge in [0.25, 0.3) is 0 Å². The molecule has 2 aromatic rings. The van der Waals surface area contributed by atoms with Crippen LogP contribution in [0.2, 0.25) is 0 Å². The summed E-state index contributed by atoms with van der Waals surface area (Å²) in [5.41, 5.74) is 2.45. The van der Waals surface area contributed by atoms with Crippen LogP contribution in [0.25, 0.3) is 5.69 Å². The molecule has 0 N–H and O–H groups in total. The van der Waals surface area contributed by atoms with Gasteiger partial charge in [0.2, 0.25) is 5.69 Å². The lowest BCUT2D eigenvalue weighted by Gasteiger charge is -2.32. The summed E-state index contributed by atoms with van der Waals surface area (Å²) in [5, 5.41) is 18.1. The summed E-state index contributed by atoms with van der Waals surface area (Å²) < 4.78 is 0. The molecule has 1 aromatic heterocycles. The molecular weight excluding hydrogens is 264 g/mol. The molecule has 0 aliphatic carbocycles. The van der Waals surface area contributed by atoms with Gasteiger partial charge in [-0.25, -0.2) is 0 Å². The van der Waals surface area contributed by atoms with Crippen LogP contribution in [-0.4, -0.2) is 53.1 Å². The highest BCUT2D eigenvalue weighted by Gasteiger charge is 2.21. The van der Waals surface area contributed by atoms with Crippen molar-refractivity contribution in [3.8, 4) is 11.8 Å². The van der Waals surface area contributed by atoms with Crippen molar-refractivity contribution >= 4 is 5.82 Å². The fourth-order valence-electron chi connectivity index (χ4n) is 2.40. The van der Waals surface area contributed by atoms with E-state index in [9.17, 15) is 5.26 Å². The predicted molar refractivity (Wildman–Crippen MR) is 80.5 cm³/mol. The highest BCUT2D eigenvalue weighted by molar-refractivity contribution is 5.50. The van der Waals surface area contributed by atoms with Crippen LogP contribution >= 0.6 is 0 Å². The van der Waals surface area contributed by atoms with Crippen molar-refractivity contribution in [3.63, 3.8) is 0 Å². The molecule has 0 bridgehead atoms. The van der Waals surface area contributed by atoms with Gasteiger partial charge in [-0.2, -0.15) is 5.26 Å². The van der Waals surface area contributed by atoms with Gasteiger partial charge in [0.05, 0.1) is 5.69 Å². The van der Waals surface area contributed by atoms with Crippen molar-refractivity contribution in [1.82, 2.24) is 19.9 Å². The van der Waals surface area contributed by atoms with Crippen molar-refractivity contribution in [3.05, 3.63) is 35.5 Å². The van der Waals surface area contributed by atoms with Crippen molar-refractivity contribution in [2.75, 3.05) is 38.1 Å². The molecule has 2 heterocycles. The zero-order valence-corrected chi connectivity index (χ0v) is 12.3. The minimum atomic E-state index is 0.389. The van der Waals surface area contributed by atoms with Crippen LogP contribution in [-0.2, 0) is 0 Å². The molecule has 6 nitrogen and oxygen atoms in total. The van der Waals surface area contributed by atoms with E-state index in [4.69, 9.17) is 0 Å². The fourth-order valence-corrected chi connectivity index (χ4v) is 2.40. The molecule has 0 unspecified atom stereocenters. The van der Waals surface area contributed by atoms with Gasteiger partial charge < -0.3 is 9.80 Å². The standard InChI is InChI=1S/C15H18N6/c1-12-3-5-13(6-4-12)21-17-14(11-16)15(18-21)20-9-7-19(2)8-10-20/h3-6H,7-10H2,1-2H3. The second-order valence-corrected chi connectivity index (χ2v) is 5.40. The number of likely N-dealkylation sites (N-methyl/N-ethyl adjacent to an activating group) is 1. The average Bonchev–Trinajstić information content (AvgIpc) is 2.93. The van der Waals surface area contributed by atoms with E-state index < -0.39 is 0 Å². The van der Waals surface area contributed by atoms with Crippen LogP contribution < -0.4 is 4.90 Å². The predicted octanol–water partition coefficient (Wildman–Crippen LogP) is 1.20. The largest absolute Gasteiger partial charge is 0.350 e. The smallest absolute Gasteiger partial charge is 0.207 e. The van der Waals surface area contributed by atoms with Crippen LogP contribution in [0.3, 0.4) is 0 Å². The van der Waals surface area contributed by atoms with Crippen molar-refractivity contribution in [2.24, 2.45) is 0 Å². The van der Waals surface area contributed by atoms with Gasteiger partial charge in [0, 0.05) is 26.2 Å². The van der Waals surface area contributed by atoms with Crippen LogP contribution in [0.5, 0.6) is 0 Å². The monoisotopic (exact) mass is 282 g/mol. The molecule has 108 valence electrons. The minimum absolute atomic E-state index is 0.389. The normalized spacial score (nSPS) is 16.0. The lowest BCUT2D eigenvalue weighted by atomic mass is 10.2. The Labute approximate surface area is 124 Å². The molecule has 6 heteroatoms. The number of benzene rings is 1. The minimum Gasteiger partial charge on any atom is -0.350 e. The molecule has 1 saturated heterocycles. The Hall–Kier alpha value is -2.39. The van der Waals surface area contributed by atoms with Crippen molar-refractivity contribution in [1.29, 1.82) is 5.26 Å². The van der Waals surface area contributed by atoms with Gasteiger partial charge in [-0.05, 0) is 26.1 Å². The highest BCUT2D eigenvalue weighted by atomic mass is 15.5. The molecule has 0 amide bonds. The Morgan fingerprint density at radius 3 is 2.33 bits per heavy atom. The second kappa shape index (κ2) is 5.54. The molecule has 21 heavy (non-hydrogen) atoms. The van der Waals surface area contributed by atoms with Gasteiger partial charge in [0.1, 0.15) is 6.07 Å². The van der Waals surface area contributed by atoms with Crippen molar-refractivity contribution < 1.29 is 0 Å². The summed E-state index contributed by atoms with van der Waals surface area (Å²) in [6, 6.07) is 10.1. The summed E-state index contributed by atoms with van der Waals surface area (Å²) in [7, 11) is 2.10. The van der Waals surface area contributed by atoms with Crippen molar-refractivity contribution in [2.45, 2.75) is 6.92 Å². The summed E-state index contributed by atoms with van der Waals surface area (Å²) >= 11 is 0. The first-order chi connectivity index (χ1) is 10.2. The van der Waals surface area contributed by atoms with Crippen LogP contribution in [0.15, 0.2) is 24.3 Å². The Morgan fingerprint density at radius 2 is 1.71 bits per heavy atom. The maximum Gasteiger partial charge on any atom is 0.207 e. The molecule has 1 aromatic carbocycles. The quantitative estimate of drug-likeness (QED) is 0.828. The highest BCUT2D eigenvalue weighted by Crippen LogP contribution is 2.19. The molecule has 1 fully saturated rings. The van der Waals surface area contributed by atoms with E-state index in [1.54, 1.807) is 4.80 Å². The number of aromatic nitrogens is 3. The maximum atomic E-state index is 9.30. The fraction of sp³-hybridized carbons (Fsp3) is 0.400. The maximum absolute atomic E-state index is 9.30. The molecule has 0 saturated carbocycles. The summed E-state index contributed by atoms with van der Waals surface area (Å²) in [6.07, 6.45) is 0. The van der Waals surface area contributed by atoms with Crippen LogP contribution in [0, 0.1) is 18.3 Å². The SMILES string of the molecule is Cc1ccc(-n2nc(C#N)c(N3CCN(C)CC3)n2)cc1. The van der Waals surface area contributed by atoms with E-state index in [0.29, 0.717) is 11.5 Å². The number of anilines is 1. The van der Waals surface area contributed by atoms with E-state index >= 15 is 0 Å². The van der Waals surface area contributed by atoms with Gasteiger partial charge in [0.15, 0.2) is 5.82 Å². The summed E-state index contributed by atoms with van der Waals surface area (Å²) in [4.78, 5) is 5.95. The molecule has 3 rings (SSSR count). The first kappa shape index (κ1) is 13.6. The molecular formula is C15H18N6. The molecule has 0 radical (unpaired) electrons. The topological polar surface area (TPSA) is 61.0 Å². The third kappa shape index (κ3) is 2.73. The summed E-state index contributed by atoms with van der Waals surface area (Å²) in [6.45, 7) is 5.73. The molecule has 0 atom stereocenters. The third-order valence-electron chi connectivity index (χ3n) is 3.77. The van der Waals surface area contributed by atoms with Gasteiger partial charge in [-0.15, -0.1) is 15.0 Å². The van der Waals surface area contributed by atoms with E-state index in [0.717, 1.165) is 31.9 Å². The van der Waals surface area contributed by atoms with Gasteiger partial charge in [-0.3, -0.25) is 0 Å². The Balaban J connectivity index is 1.91. The lowest BCUT2D eigenvalue weighted by molar-refractivity contribution is 0.312. The number of hydrogen-bond donors (Lipinski definition) is 0. The number of aryl methyl sites for hydroxylation is 1. The zero-order valence-electron chi connectivity index (χ0n) is 12.3. The third-order valence-corrected chi connectivity index (χ3v) is 3.77. The van der Waals surface area contributed by atoms with E-state index in [-0.39, 0.29) is 0 Å². The number of hydrogen-bond acceptors (Lipinski definition) is 5. The Morgan fingerprint density at radius 1 is 1.05 bits per heavy atom. The summed E-state index contributed by atoms with van der Waals surface area (Å²) in [5.74, 6) is 0.686. The molecule has 1 aliphatic heterocycles. The van der Waals surface area contributed by atoms with Gasteiger partial charge >= 0.3 is 0 Å². The van der Waals surface area contributed by atoms with E-state index in [2.05, 4.69) is 33.1 Å².